The van der Waals surface area contributed by atoms with Gasteiger partial charge in [0.2, 0.25) is 0 Å². The molecule has 0 aliphatic rings. The number of H-pyrrole nitrogens is 1. The predicted molar refractivity (Wildman–Crippen MR) is 65.0 cm³/mol. The number of benzene rings is 1. The number of hydrogen-bond donors (Lipinski definition) is 2. The number of ether oxygens (including phenoxy) is 1. The second kappa shape index (κ2) is 5.53. The average molecular weight is 288 g/mol. The van der Waals surface area contributed by atoms with Gasteiger partial charge in [-0.3, -0.25) is 9.82 Å². The molecule has 0 fully saturated rings. The lowest BCUT2D eigenvalue weighted by Gasteiger charge is -2.06. The third-order valence-electron chi connectivity index (χ3n) is 2.26. The molecule has 0 saturated heterocycles. The van der Waals surface area contributed by atoms with Crippen LogP contribution in [0.5, 0.6) is 0 Å². The Balaban J connectivity index is 2.20. The molecule has 2 aromatic rings. The molecule has 19 heavy (non-hydrogen) atoms. The van der Waals surface area contributed by atoms with Crippen LogP contribution < -0.4 is 10.6 Å². The molecule has 0 spiro atoms. The maximum absolute atomic E-state index is 11.8. The fourth-order valence-electron chi connectivity index (χ4n) is 1.39. The summed E-state index contributed by atoms with van der Waals surface area (Å²) >= 11 is 0. The highest BCUT2D eigenvalue weighted by Gasteiger charge is 2.16. The van der Waals surface area contributed by atoms with E-state index in [2.05, 4.69) is 4.98 Å². The van der Waals surface area contributed by atoms with Gasteiger partial charge in [0.1, 0.15) is 0 Å². The molecule has 104 valence electrons. The van der Waals surface area contributed by atoms with Gasteiger partial charge in [0.15, 0.2) is 5.58 Å². The van der Waals surface area contributed by atoms with Crippen molar-refractivity contribution in [3.63, 3.8) is 0 Å². The van der Waals surface area contributed by atoms with E-state index in [1.54, 1.807) is 0 Å². The Hall–Kier alpha value is -1.68. The monoisotopic (exact) mass is 288 g/mol. The van der Waals surface area contributed by atoms with Gasteiger partial charge in [0.05, 0.1) is 23.6 Å². The van der Waals surface area contributed by atoms with E-state index in [4.69, 9.17) is 14.0 Å². The summed E-state index contributed by atoms with van der Waals surface area (Å²) in [5, 5.41) is 0. The lowest BCUT2D eigenvalue weighted by molar-refractivity contribution is 0.0438. The number of aromatic nitrogens is 1. The van der Waals surface area contributed by atoms with E-state index in [1.807, 2.05) is 4.89 Å². The number of nitrogens with one attached hydrogen (secondary N) is 2. The Kier molecular flexibility index (Phi) is 4.00. The zero-order valence-electron chi connectivity index (χ0n) is 10.0. The first kappa shape index (κ1) is 13.7. The van der Waals surface area contributed by atoms with E-state index in [9.17, 15) is 13.2 Å². The zero-order valence-corrected chi connectivity index (χ0v) is 10.8. The molecule has 0 atom stereocenters. The first-order valence-electron chi connectivity index (χ1n) is 5.28. The molecule has 0 amide bonds. The second-order valence-electron chi connectivity index (χ2n) is 3.60. The van der Waals surface area contributed by atoms with Gasteiger partial charge in [0.25, 0.3) is 10.0 Å². The number of hydrogen-bond acceptors (Lipinski definition) is 6. The summed E-state index contributed by atoms with van der Waals surface area (Å²) in [6.07, 6.45) is 0. The van der Waals surface area contributed by atoms with Crippen LogP contribution in [0.2, 0.25) is 0 Å². The van der Waals surface area contributed by atoms with E-state index >= 15 is 0 Å². The van der Waals surface area contributed by atoms with Crippen molar-refractivity contribution in [1.82, 2.24) is 9.87 Å². The van der Waals surface area contributed by atoms with Crippen molar-refractivity contribution in [2.45, 2.75) is 4.90 Å². The van der Waals surface area contributed by atoms with Gasteiger partial charge in [-0.25, -0.2) is 13.2 Å². The van der Waals surface area contributed by atoms with Crippen molar-refractivity contribution < 1.29 is 22.4 Å². The second-order valence-corrected chi connectivity index (χ2v) is 5.25. The maximum atomic E-state index is 11.8. The summed E-state index contributed by atoms with van der Waals surface area (Å²) in [4.78, 5) is 20.0. The molecule has 0 saturated carbocycles. The molecule has 0 unspecified atom stereocenters. The predicted octanol–water partition coefficient (Wildman–Crippen LogP) is -0.0226. The third kappa shape index (κ3) is 3.20. The van der Waals surface area contributed by atoms with E-state index in [-0.39, 0.29) is 23.7 Å². The summed E-state index contributed by atoms with van der Waals surface area (Å²) in [5.74, 6) is -0.645. The summed E-state index contributed by atoms with van der Waals surface area (Å²) < 4.78 is 33.2. The van der Waals surface area contributed by atoms with Gasteiger partial charge in [0, 0.05) is 13.2 Å². The Morgan fingerprint density at radius 1 is 1.37 bits per heavy atom. The molecule has 0 radical (unpaired) electrons. The van der Waals surface area contributed by atoms with Crippen LogP contribution in [0.4, 0.5) is 0 Å². The van der Waals surface area contributed by atoms with Crippen molar-refractivity contribution in [2.24, 2.45) is 0 Å². The number of methoxy groups -OCH3 is 1. The van der Waals surface area contributed by atoms with Crippen LogP contribution in [0.3, 0.4) is 0 Å². The molecule has 0 aliphatic heterocycles. The molecule has 8 nitrogen and oxygen atoms in total. The molecule has 1 heterocycles. The Labute approximate surface area is 108 Å². The van der Waals surface area contributed by atoms with Crippen LogP contribution in [0.25, 0.3) is 11.1 Å². The van der Waals surface area contributed by atoms with Crippen LogP contribution in [0.1, 0.15) is 0 Å². The first-order valence-corrected chi connectivity index (χ1v) is 6.76. The highest BCUT2D eigenvalue weighted by molar-refractivity contribution is 7.89. The number of rotatable bonds is 6. The van der Waals surface area contributed by atoms with Crippen molar-refractivity contribution >= 4 is 21.1 Å². The summed E-state index contributed by atoms with van der Waals surface area (Å²) in [5.41, 5.74) is 0.578. The quantitative estimate of drug-likeness (QED) is 0.571. The highest BCUT2D eigenvalue weighted by Crippen LogP contribution is 2.16. The van der Waals surface area contributed by atoms with Gasteiger partial charge in [-0.1, -0.05) is 4.89 Å². The van der Waals surface area contributed by atoms with Crippen LogP contribution >= 0.6 is 0 Å². The zero-order chi connectivity index (χ0) is 13.9. The molecule has 0 bridgehead atoms. The summed E-state index contributed by atoms with van der Waals surface area (Å²) in [7, 11) is -2.35. The molecule has 1 aromatic carbocycles. The molecule has 2 rings (SSSR count). The lowest BCUT2D eigenvalue weighted by atomic mass is 10.3. The van der Waals surface area contributed by atoms with Crippen molar-refractivity contribution in [1.29, 1.82) is 0 Å². The van der Waals surface area contributed by atoms with Crippen LogP contribution in [-0.4, -0.2) is 33.7 Å². The standard InChI is InChI=1S/C10H12N2O6S/c1-16-4-5-17-12-19(14,15)7-2-3-8-9(6-7)18-10(13)11-8/h2-3,6,12H,4-5H2,1H3,(H,11,13). The minimum absolute atomic E-state index is 0.0693. The maximum Gasteiger partial charge on any atom is 0.417 e. The minimum atomic E-state index is -3.83. The number of sulfonamides is 1. The summed E-state index contributed by atoms with van der Waals surface area (Å²) in [6.45, 7) is 0.339. The highest BCUT2D eigenvalue weighted by atomic mass is 32.2. The fraction of sp³-hybridized carbons (Fsp3) is 0.300. The lowest BCUT2D eigenvalue weighted by Crippen LogP contribution is -2.25. The smallest absolute Gasteiger partial charge is 0.408 e. The molecule has 1 aromatic heterocycles. The van der Waals surface area contributed by atoms with Gasteiger partial charge in [-0.2, -0.15) is 0 Å². The van der Waals surface area contributed by atoms with E-state index in [1.165, 1.54) is 25.3 Å². The number of fused-ring (bicyclic) bond motifs is 1. The third-order valence-corrected chi connectivity index (χ3v) is 3.47. The molecular formula is C10H12N2O6S. The Morgan fingerprint density at radius 2 is 2.16 bits per heavy atom. The first-order chi connectivity index (χ1) is 9.03. The van der Waals surface area contributed by atoms with Crippen LogP contribution in [0.15, 0.2) is 32.3 Å². The Morgan fingerprint density at radius 3 is 2.89 bits per heavy atom. The van der Waals surface area contributed by atoms with Crippen LogP contribution in [-0.2, 0) is 19.6 Å². The van der Waals surface area contributed by atoms with Crippen LogP contribution in [0, 0.1) is 0 Å². The summed E-state index contributed by atoms with van der Waals surface area (Å²) in [6, 6.07) is 4.00. The van der Waals surface area contributed by atoms with Crippen molar-refractivity contribution in [2.75, 3.05) is 20.3 Å². The normalized spacial score (nSPS) is 12.1. The number of aromatic amines is 1. The molecule has 2 N–H and O–H groups in total. The molecule has 0 aliphatic carbocycles. The SMILES string of the molecule is COCCONS(=O)(=O)c1ccc2[nH]c(=O)oc2c1. The number of oxazole rings is 1. The average Bonchev–Trinajstić information content (AvgIpc) is 2.73. The van der Waals surface area contributed by atoms with Gasteiger partial charge < -0.3 is 9.15 Å². The van der Waals surface area contributed by atoms with E-state index in [0.717, 1.165) is 0 Å². The topological polar surface area (TPSA) is 111 Å². The minimum Gasteiger partial charge on any atom is -0.408 e. The van der Waals surface area contributed by atoms with E-state index < -0.39 is 15.8 Å². The van der Waals surface area contributed by atoms with Crippen molar-refractivity contribution in [3.8, 4) is 0 Å². The molecular weight excluding hydrogens is 276 g/mol. The van der Waals surface area contributed by atoms with Crippen molar-refractivity contribution in [3.05, 3.63) is 28.7 Å². The van der Waals surface area contributed by atoms with Gasteiger partial charge in [-0.15, -0.1) is 0 Å². The largest absolute Gasteiger partial charge is 0.417 e. The Bertz CT molecular complexity index is 717. The van der Waals surface area contributed by atoms with Gasteiger partial charge in [-0.05, 0) is 12.1 Å². The van der Waals surface area contributed by atoms with Gasteiger partial charge >= 0.3 is 5.76 Å². The molecule has 9 heteroatoms. The fourth-order valence-corrected chi connectivity index (χ4v) is 2.23. The van der Waals surface area contributed by atoms with E-state index in [0.29, 0.717) is 5.52 Å².